The van der Waals surface area contributed by atoms with Crippen LogP contribution in [0.1, 0.15) is 33.6 Å². The average Bonchev–Trinajstić information content (AvgIpc) is 3.22. The minimum absolute atomic E-state index is 0.306. The van der Waals surface area contributed by atoms with Gasteiger partial charge in [0, 0.05) is 25.4 Å². The Morgan fingerprint density at radius 2 is 2.24 bits per heavy atom. The number of piperidine rings is 1. The Kier molecular flexibility index (Phi) is 3.95. The third-order valence-electron chi connectivity index (χ3n) is 5.53. The number of anilines is 2. The highest BCUT2D eigenvalue weighted by Crippen LogP contribution is 2.43. The molecule has 1 aliphatic rings. The lowest BCUT2D eigenvalue weighted by molar-refractivity contribution is 0.171. The summed E-state index contributed by atoms with van der Waals surface area (Å²) in [5.41, 5.74) is 9.65. The number of rotatable bonds is 3. The Morgan fingerprint density at radius 1 is 1.40 bits per heavy atom. The second-order valence-corrected chi connectivity index (χ2v) is 8.72. The van der Waals surface area contributed by atoms with Gasteiger partial charge in [0.2, 0.25) is 0 Å². The maximum Gasteiger partial charge on any atom is 0.126 e. The number of aromatic nitrogens is 3. The van der Waals surface area contributed by atoms with E-state index >= 15 is 0 Å². The van der Waals surface area contributed by atoms with Gasteiger partial charge in [-0.05, 0) is 29.9 Å². The topological polar surface area (TPSA) is 70.8 Å². The third-order valence-corrected chi connectivity index (χ3v) is 6.71. The van der Waals surface area contributed by atoms with E-state index < -0.39 is 0 Å². The molecule has 3 aromatic rings. The summed E-state index contributed by atoms with van der Waals surface area (Å²) < 4.78 is 1.21. The maximum absolute atomic E-state index is 6.13. The van der Waals surface area contributed by atoms with Crippen LogP contribution in [0.4, 0.5) is 11.5 Å². The van der Waals surface area contributed by atoms with Crippen LogP contribution in [0, 0.1) is 11.3 Å². The number of nitrogens with two attached hydrogens (primary N) is 1. The molecule has 132 valence electrons. The number of aromatic amines is 1. The van der Waals surface area contributed by atoms with Crippen molar-refractivity contribution in [1.29, 1.82) is 0 Å². The second-order valence-electron chi connectivity index (χ2n) is 7.67. The van der Waals surface area contributed by atoms with Gasteiger partial charge in [0.05, 0.1) is 26.5 Å². The number of H-pyrrole nitrogens is 1. The lowest BCUT2D eigenvalue weighted by Crippen LogP contribution is -2.45. The second kappa shape index (κ2) is 6.02. The van der Waals surface area contributed by atoms with Gasteiger partial charge in [-0.15, -0.1) is 11.3 Å². The predicted molar refractivity (Wildman–Crippen MR) is 106 cm³/mol. The summed E-state index contributed by atoms with van der Waals surface area (Å²) in [4.78, 5) is 8.20. The Labute approximate surface area is 152 Å². The highest BCUT2D eigenvalue weighted by atomic mass is 32.1. The molecule has 0 aliphatic carbocycles. The maximum atomic E-state index is 6.13. The Hall–Kier alpha value is -2.08. The van der Waals surface area contributed by atoms with Crippen LogP contribution in [-0.2, 0) is 0 Å². The summed E-state index contributed by atoms with van der Waals surface area (Å²) in [7, 11) is 0. The molecule has 1 saturated heterocycles. The minimum Gasteiger partial charge on any atom is -0.384 e. The molecule has 3 aromatic heterocycles. The minimum atomic E-state index is 0.306. The molecule has 1 fully saturated rings. The summed E-state index contributed by atoms with van der Waals surface area (Å²) in [6.07, 6.45) is 4.25. The van der Waals surface area contributed by atoms with E-state index in [0.29, 0.717) is 11.2 Å². The average molecular weight is 356 g/mol. The quantitative estimate of drug-likeness (QED) is 0.724. The van der Waals surface area contributed by atoms with Crippen LogP contribution >= 0.6 is 11.3 Å². The molecule has 1 aliphatic heterocycles. The third kappa shape index (κ3) is 2.88. The smallest absolute Gasteiger partial charge is 0.126 e. The van der Waals surface area contributed by atoms with Crippen molar-refractivity contribution >= 4 is 33.1 Å². The SMILES string of the molecule is CCC1CCN(c2cc(N)nc3cc(-c4ccn[nH]4)sc23)CC1(C)C. The zero-order valence-corrected chi connectivity index (χ0v) is 15.9. The number of nitrogens with zero attached hydrogens (tertiary/aromatic N) is 3. The van der Waals surface area contributed by atoms with Crippen molar-refractivity contribution in [3.63, 3.8) is 0 Å². The number of nitrogen functional groups attached to an aromatic ring is 1. The molecule has 3 N–H and O–H groups in total. The van der Waals surface area contributed by atoms with Gasteiger partial charge in [-0.1, -0.05) is 27.2 Å². The van der Waals surface area contributed by atoms with E-state index in [-0.39, 0.29) is 0 Å². The highest BCUT2D eigenvalue weighted by molar-refractivity contribution is 7.22. The lowest BCUT2D eigenvalue weighted by atomic mass is 9.72. The fraction of sp³-hybridized carbons (Fsp3) is 0.474. The van der Waals surface area contributed by atoms with Gasteiger partial charge in [0.15, 0.2) is 0 Å². The van der Waals surface area contributed by atoms with Crippen molar-refractivity contribution in [3.8, 4) is 10.6 Å². The Balaban J connectivity index is 1.77. The van der Waals surface area contributed by atoms with Crippen molar-refractivity contribution in [1.82, 2.24) is 15.2 Å². The van der Waals surface area contributed by atoms with Gasteiger partial charge < -0.3 is 10.6 Å². The van der Waals surface area contributed by atoms with Gasteiger partial charge in [-0.2, -0.15) is 5.10 Å². The van der Waals surface area contributed by atoms with E-state index in [1.807, 2.05) is 12.1 Å². The van der Waals surface area contributed by atoms with Crippen molar-refractivity contribution < 1.29 is 0 Å². The standard InChI is InChI=1S/C19H25N5S/c1-4-12-6-8-24(11-19(12,2)3)15-10-17(20)22-14-9-16(25-18(14)15)13-5-7-21-23-13/h5,7,9-10,12H,4,6,8,11H2,1-3H3,(H2,20,22)(H,21,23). The molecule has 0 amide bonds. The molecular weight excluding hydrogens is 330 g/mol. The van der Waals surface area contributed by atoms with Gasteiger partial charge in [-0.3, -0.25) is 5.10 Å². The van der Waals surface area contributed by atoms with Crippen LogP contribution in [0.3, 0.4) is 0 Å². The molecular formula is C19H25N5S. The van der Waals surface area contributed by atoms with Crippen LogP contribution in [0.15, 0.2) is 24.4 Å². The van der Waals surface area contributed by atoms with E-state index in [2.05, 4.69) is 46.9 Å². The first kappa shape index (κ1) is 16.4. The molecule has 0 bridgehead atoms. The fourth-order valence-electron chi connectivity index (χ4n) is 4.15. The summed E-state index contributed by atoms with van der Waals surface area (Å²) in [5.74, 6) is 1.37. The first-order valence-electron chi connectivity index (χ1n) is 8.92. The number of thiophene rings is 1. The van der Waals surface area contributed by atoms with Crippen LogP contribution in [0.5, 0.6) is 0 Å². The molecule has 4 rings (SSSR count). The van der Waals surface area contributed by atoms with Crippen LogP contribution < -0.4 is 10.6 Å². The van der Waals surface area contributed by atoms with Crippen molar-refractivity contribution in [2.75, 3.05) is 23.7 Å². The van der Waals surface area contributed by atoms with Gasteiger partial charge >= 0.3 is 0 Å². The molecule has 4 heterocycles. The summed E-state index contributed by atoms with van der Waals surface area (Å²) in [6, 6.07) is 6.14. The van der Waals surface area contributed by atoms with Crippen LogP contribution in [0.25, 0.3) is 20.8 Å². The van der Waals surface area contributed by atoms with E-state index in [1.54, 1.807) is 17.5 Å². The molecule has 1 unspecified atom stereocenters. The molecule has 6 heteroatoms. The molecule has 0 saturated carbocycles. The van der Waals surface area contributed by atoms with Gasteiger partial charge in [0.25, 0.3) is 0 Å². The predicted octanol–water partition coefficient (Wildman–Crippen LogP) is 4.53. The fourth-order valence-corrected chi connectivity index (χ4v) is 5.27. The van der Waals surface area contributed by atoms with E-state index in [1.165, 1.54) is 23.2 Å². The normalized spacial score (nSPS) is 20.3. The van der Waals surface area contributed by atoms with E-state index in [9.17, 15) is 0 Å². The molecule has 0 aromatic carbocycles. The number of hydrogen-bond donors (Lipinski definition) is 2. The molecule has 25 heavy (non-hydrogen) atoms. The molecule has 5 nitrogen and oxygen atoms in total. The first-order valence-corrected chi connectivity index (χ1v) is 9.74. The zero-order valence-electron chi connectivity index (χ0n) is 15.0. The molecule has 0 spiro atoms. The number of nitrogens with one attached hydrogen (secondary N) is 1. The number of hydrogen-bond acceptors (Lipinski definition) is 5. The first-order chi connectivity index (χ1) is 12.0. The Bertz CT molecular complexity index is 881. The summed E-state index contributed by atoms with van der Waals surface area (Å²) in [6.45, 7) is 9.22. The van der Waals surface area contributed by atoms with E-state index in [4.69, 9.17) is 5.73 Å². The molecule has 0 radical (unpaired) electrons. The van der Waals surface area contributed by atoms with E-state index in [0.717, 1.165) is 35.1 Å². The van der Waals surface area contributed by atoms with Crippen LogP contribution in [0.2, 0.25) is 0 Å². The van der Waals surface area contributed by atoms with Gasteiger partial charge in [-0.25, -0.2) is 4.98 Å². The zero-order chi connectivity index (χ0) is 17.6. The van der Waals surface area contributed by atoms with Crippen LogP contribution in [-0.4, -0.2) is 28.3 Å². The summed E-state index contributed by atoms with van der Waals surface area (Å²) in [5, 5.41) is 7.10. The van der Waals surface area contributed by atoms with Crippen molar-refractivity contribution in [2.24, 2.45) is 11.3 Å². The summed E-state index contributed by atoms with van der Waals surface area (Å²) >= 11 is 1.76. The molecule has 1 atom stereocenters. The lowest BCUT2D eigenvalue weighted by Gasteiger charge is -2.45. The van der Waals surface area contributed by atoms with Gasteiger partial charge in [0.1, 0.15) is 5.82 Å². The highest BCUT2D eigenvalue weighted by Gasteiger charge is 2.35. The monoisotopic (exact) mass is 355 g/mol. The largest absolute Gasteiger partial charge is 0.384 e. The van der Waals surface area contributed by atoms with Crippen molar-refractivity contribution in [2.45, 2.75) is 33.6 Å². The van der Waals surface area contributed by atoms with Crippen molar-refractivity contribution in [3.05, 3.63) is 24.4 Å². The number of fused-ring (bicyclic) bond motifs is 1. The Morgan fingerprint density at radius 3 is 2.92 bits per heavy atom. The number of pyridine rings is 1.